The Hall–Kier alpha value is -2.36. The van der Waals surface area contributed by atoms with Gasteiger partial charge in [0.1, 0.15) is 5.75 Å². The van der Waals surface area contributed by atoms with E-state index in [1.54, 1.807) is 24.3 Å². The Morgan fingerprint density at radius 2 is 1.06 bits per heavy atom. The van der Waals surface area contributed by atoms with Crippen LogP contribution in [0.4, 0.5) is 0 Å². The smallest absolute Gasteiger partial charge is 0.335 e. The van der Waals surface area contributed by atoms with Crippen molar-refractivity contribution in [3.63, 3.8) is 0 Å². The van der Waals surface area contributed by atoms with Crippen LogP contribution in [0.5, 0.6) is 5.75 Å². The predicted octanol–water partition coefficient (Wildman–Crippen LogP) is 8.76. The fourth-order valence-electron chi connectivity index (χ4n) is 3.53. The van der Waals surface area contributed by atoms with Gasteiger partial charge in [0.05, 0.1) is 6.61 Å². The number of rotatable bonds is 20. The van der Waals surface area contributed by atoms with E-state index < -0.39 is 5.97 Å². The molecule has 0 aliphatic carbocycles. The molecule has 0 radical (unpaired) electrons. The maximum Gasteiger partial charge on any atom is 0.335 e. The maximum absolute atomic E-state index is 10.8. The van der Waals surface area contributed by atoms with Gasteiger partial charge in [-0.15, -0.1) is 0 Å². The van der Waals surface area contributed by atoms with Crippen LogP contribution in [-0.4, -0.2) is 18.5 Å². The van der Waals surface area contributed by atoms with E-state index in [0.29, 0.717) is 12.4 Å². The van der Waals surface area contributed by atoms with Gasteiger partial charge < -0.3 is 9.47 Å². The summed E-state index contributed by atoms with van der Waals surface area (Å²) >= 11 is 0. The largest absolute Gasteiger partial charge is 0.463 e. The molecule has 0 aliphatic rings. The van der Waals surface area contributed by atoms with Gasteiger partial charge in [-0.25, -0.2) is 9.59 Å². The van der Waals surface area contributed by atoms with Crippen LogP contribution in [0, 0.1) is 0 Å². The summed E-state index contributed by atoms with van der Waals surface area (Å²) < 4.78 is 9.76. The summed E-state index contributed by atoms with van der Waals surface area (Å²) in [6.07, 6.45) is 24.1. The number of hydrogen-bond donors (Lipinski definition) is 0. The number of hydrogen-bond acceptors (Lipinski definition) is 4. The zero-order valence-electron chi connectivity index (χ0n) is 21.6. The maximum atomic E-state index is 10.8. The summed E-state index contributed by atoms with van der Waals surface area (Å²) in [6, 6.07) is 8.87. The molecule has 0 heterocycles. The molecule has 1 aromatic carbocycles. The number of para-hydroxylation sites is 1. The molecule has 34 heavy (non-hydrogen) atoms. The minimum absolute atomic E-state index is 0.300. The zero-order valence-corrected chi connectivity index (χ0v) is 21.6. The van der Waals surface area contributed by atoms with Gasteiger partial charge in [-0.1, -0.05) is 135 Å². The van der Waals surface area contributed by atoms with Crippen molar-refractivity contribution < 1.29 is 19.1 Å². The molecule has 0 N–H and O–H groups in total. The van der Waals surface area contributed by atoms with Crippen molar-refractivity contribution in [2.45, 2.75) is 110 Å². The quantitative estimate of drug-likeness (QED) is 0.0823. The Morgan fingerprint density at radius 1 is 0.647 bits per heavy atom. The molecule has 0 fully saturated rings. The lowest BCUT2D eigenvalue weighted by atomic mass is 10.0. The van der Waals surface area contributed by atoms with Crippen LogP contribution in [0.25, 0.3) is 0 Å². The van der Waals surface area contributed by atoms with Crippen molar-refractivity contribution in [2.24, 2.45) is 0 Å². The van der Waals surface area contributed by atoms with Crippen LogP contribution >= 0.6 is 0 Å². The Bertz CT molecular complexity index is 624. The average molecular weight is 473 g/mol. The SMILES string of the molecule is C=CC(=O)OCCCCCCCCCCCCCCCCCC.C=CC(=O)Oc1ccccc1. The van der Waals surface area contributed by atoms with Gasteiger partial charge in [0.15, 0.2) is 0 Å². The first-order valence-electron chi connectivity index (χ1n) is 13.3. The summed E-state index contributed by atoms with van der Waals surface area (Å²) in [5.41, 5.74) is 0. The second kappa shape index (κ2) is 25.3. The number of esters is 2. The van der Waals surface area contributed by atoms with Gasteiger partial charge in [0, 0.05) is 12.2 Å². The standard InChI is InChI=1S/C21H40O2.C9H8O2/c1-3-5-6-7-8-9-10-11-12-13-14-15-16-17-18-19-20-23-21(22)4-2;1-2-9(10)11-8-6-4-3-5-7-8/h4H,2-3,5-20H2,1H3;2-7H,1H2. The van der Waals surface area contributed by atoms with Crippen LogP contribution in [-0.2, 0) is 14.3 Å². The molecule has 1 rings (SSSR count). The molecule has 0 spiro atoms. The topological polar surface area (TPSA) is 52.6 Å². The molecule has 0 unspecified atom stereocenters. The molecule has 0 aliphatic heterocycles. The summed E-state index contributed by atoms with van der Waals surface area (Å²) in [7, 11) is 0. The molecule has 0 amide bonds. The van der Waals surface area contributed by atoms with Crippen molar-refractivity contribution in [3.05, 3.63) is 55.6 Å². The fourth-order valence-corrected chi connectivity index (χ4v) is 3.53. The normalized spacial score (nSPS) is 10.0. The van der Waals surface area contributed by atoms with Crippen LogP contribution in [0.15, 0.2) is 55.6 Å². The summed E-state index contributed by atoms with van der Waals surface area (Å²) in [5.74, 6) is -0.195. The third kappa shape index (κ3) is 22.8. The lowest BCUT2D eigenvalue weighted by Crippen LogP contribution is -2.02. The highest BCUT2D eigenvalue weighted by atomic mass is 16.5. The van der Waals surface area contributed by atoms with Crippen molar-refractivity contribution in [3.8, 4) is 5.75 Å². The number of benzene rings is 1. The van der Waals surface area contributed by atoms with Gasteiger partial charge >= 0.3 is 11.9 Å². The highest BCUT2D eigenvalue weighted by Gasteiger charge is 1.97. The molecule has 4 heteroatoms. The van der Waals surface area contributed by atoms with Gasteiger partial charge in [-0.3, -0.25) is 0 Å². The first-order valence-corrected chi connectivity index (χ1v) is 13.3. The lowest BCUT2D eigenvalue weighted by molar-refractivity contribution is -0.137. The molecule has 192 valence electrons. The average Bonchev–Trinajstić information content (AvgIpc) is 2.86. The molecule has 4 nitrogen and oxygen atoms in total. The van der Waals surface area contributed by atoms with Crippen LogP contribution in [0.2, 0.25) is 0 Å². The summed E-state index contributed by atoms with van der Waals surface area (Å²) in [4.78, 5) is 21.5. The van der Waals surface area contributed by atoms with Gasteiger partial charge in [0.25, 0.3) is 0 Å². The van der Waals surface area contributed by atoms with Crippen molar-refractivity contribution >= 4 is 11.9 Å². The minimum atomic E-state index is -0.434. The number of unbranched alkanes of at least 4 members (excludes halogenated alkanes) is 15. The van der Waals surface area contributed by atoms with E-state index in [1.807, 2.05) is 6.07 Å². The first kappa shape index (κ1) is 31.6. The highest BCUT2D eigenvalue weighted by molar-refractivity contribution is 5.83. The van der Waals surface area contributed by atoms with E-state index in [-0.39, 0.29) is 5.97 Å². The third-order valence-corrected chi connectivity index (χ3v) is 5.54. The zero-order chi connectivity index (χ0) is 25.1. The second-order valence-electron chi connectivity index (χ2n) is 8.61. The van der Waals surface area contributed by atoms with Gasteiger partial charge in [-0.05, 0) is 18.6 Å². The van der Waals surface area contributed by atoms with Crippen LogP contribution in [0.3, 0.4) is 0 Å². The van der Waals surface area contributed by atoms with Crippen molar-refractivity contribution in [2.75, 3.05) is 6.61 Å². The fraction of sp³-hybridized carbons (Fsp3) is 0.600. The molecule has 0 atom stereocenters. The Kier molecular flexibility index (Phi) is 23.5. The monoisotopic (exact) mass is 472 g/mol. The predicted molar refractivity (Wildman–Crippen MR) is 143 cm³/mol. The Balaban J connectivity index is 0.000000818. The van der Waals surface area contributed by atoms with Gasteiger partial charge in [-0.2, -0.15) is 0 Å². The Morgan fingerprint density at radius 3 is 1.47 bits per heavy atom. The Labute approximate surface area is 208 Å². The first-order chi connectivity index (χ1) is 16.6. The number of carbonyl (C=O) groups excluding carboxylic acids is 2. The summed E-state index contributed by atoms with van der Waals surface area (Å²) in [5, 5.41) is 0. The lowest BCUT2D eigenvalue weighted by Gasteiger charge is -2.04. The molecular formula is C30H48O4. The van der Waals surface area contributed by atoms with Gasteiger partial charge in [0.2, 0.25) is 0 Å². The third-order valence-electron chi connectivity index (χ3n) is 5.54. The van der Waals surface area contributed by atoms with Crippen molar-refractivity contribution in [1.29, 1.82) is 0 Å². The van der Waals surface area contributed by atoms with E-state index in [1.165, 1.54) is 102 Å². The molecule has 0 bridgehead atoms. The minimum Gasteiger partial charge on any atom is -0.463 e. The van der Waals surface area contributed by atoms with E-state index >= 15 is 0 Å². The summed E-state index contributed by atoms with van der Waals surface area (Å²) in [6.45, 7) is 9.49. The van der Waals surface area contributed by atoms with E-state index in [2.05, 4.69) is 20.1 Å². The van der Waals surface area contributed by atoms with E-state index in [0.717, 1.165) is 12.5 Å². The van der Waals surface area contributed by atoms with E-state index in [9.17, 15) is 9.59 Å². The number of carbonyl (C=O) groups is 2. The molecule has 0 saturated heterocycles. The molecule has 1 aromatic rings. The van der Waals surface area contributed by atoms with Crippen LogP contribution in [0.1, 0.15) is 110 Å². The second-order valence-corrected chi connectivity index (χ2v) is 8.61. The van der Waals surface area contributed by atoms with Crippen LogP contribution < -0.4 is 4.74 Å². The highest BCUT2D eigenvalue weighted by Crippen LogP contribution is 2.13. The molecule has 0 aromatic heterocycles. The molecular weight excluding hydrogens is 424 g/mol. The number of ether oxygens (including phenoxy) is 2. The van der Waals surface area contributed by atoms with E-state index in [4.69, 9.17) is 9.47 Å². The molecule has 0 saturated carbocycles. The van der Waals surface area contributed by atoms with Crippen molar-refractivity contribution in [1.82, 2.24) is 0 Å².